The number of hydrogen-bond acceptors (Lipinski definition) is 4. The number of aliphatic carboxylic acids is 1. The molecular weight excluding hydrogens is 200 g/mol. The third kappa shape index (κ3) is 2.91. The molecule has 5 heteroatoms. The molecule has 0 aliphatic heterocycles. The summed E-state index contributed by atoms with van der Waals surface area (Å²) in [6.45, 7) is 0. The van der Waals surface area contributed by atoms with Crippen LogP contribution < -0.4 is 0 Å². The van der Waals surface area contributed by atoms with Crippen molar-refractivity contribution in [1.82, 2.24) is 0 Å². The van der Waals surface area contributed by atoms with Crippen LogP contribution in [-0.4, -0.2) is 28.3 Å². The van der Waals surface area contributed by atoms with E-state index in [9.17, 15) is 19.5 Å². The van der Waals surface area contributed by atoms with Crippen molar-refractivity contribution in [1.29, 1.82) is 0 Å². The van der Waals surface area contributed by atoms with Crippen molar-refractivity contribution in [2.75, 3.05) is 0 Å². The first-order valence-corrected chi connectivity index (χ1v) is 4.07. The number of phenolic OH excluding ortho intramolecular Hbond substituents is 1. The van der Waals surface area contributed by atoms with Gasteiger partial charge in [-0.25, -0.2) is 0 Å². The summed E-state index contributed by atoms with van der Waals surface area (Å²) in [7, 11) is 0. The molecule has 0 bridgehead atoms. The summed E-state index contributed by atoms with van der Waals surface area (Å²) in [6, 6.07) is 3.61. The number of aldehydes is 1. The van der Waals surface area contributed by atoms with E-state index in [2.05, 4.69) is 0 Å². The number of carbonyl (C=O) groups excluding carboxylic acids is 2. The molecule has 1 aromatic carbocycles. The molecule has 0 saturated heterocycles. The molecular formula is C10H8O5. The Morgan fingerprint density at radius 3 is 2.47 bits per heavy atom. The van der Waals surface area contributed by atoms with Gasteiger partial charge in [0.1, 0.15) is 5.75 Å². The molecule has 0 radical (unpaired) electrons. The van der Waals surface area contributed by atoms with Crippen LogP contribution in [0.1, 0.15) is 15.9 Å². The first kappa shape index (κ1) is 10.9. The molecule has 0 heterocycles. The minimum atomic E-state index is -1.08. The van der Waals surface area contributed by atoms with Gasteiger partial charge in [-0.2, -0.15) is 0 Å². The highest BCUT2D eigenvalue weighted by atomic mass is 16.4. The zero-order valence-corrected chi connectivity index (χ0v) is 7.64. The van der Waals surface area contributed by atoms with Gasteiger partial charge in [-0.1, -0.05) is 0 Å². The zero-order valence-electron chi connectivity index (χ0n) is 7.64. The monoisotopic (exact) mass is 208 g/mol. The molecule has 5 nitrogen and oxygen atoms in total. The molecule has 1 aromatic rings. The van der Waals surface area contributed by atoms with E-state index in [0.717, 1.165) is 6.07 Å². The maximum absolute atomic E-state index is 11.0. The average molecular weight is 208 g/mol. The number of rotatable bonds is 4. The molecule has 15 heavy (non-hydrogen) atoms. The van der Waals surface area contributed by atoms with Crippen molar-refractivity contribution in [3.63, 3.8) is 0 Å². The van der Waals surface area contributed by atoms with Gasteiger partial charge in [-0.15, -0.1) is 0 Å². The van der Waals surface area contributed by atoms with Crippen molar-refractivity contribution >= 4 is 18.0 Å². The average Bonchev–Trinajstić information content (AvgIpc) is 2.14. The Hall–Kier alpha value is -2.17. The highest BCUT2D eigenvalue weighted by Crippen LogP contribution is 2.16. The van der Waals surface area contributed by atoms with Crippen LogP contribution in [0.15, 0.2) is 18.2 Å². The number of phenols is 1. The number of benzene rings is 1. The summed E-state index contributed by atoms with van der Waals surface area (Å²) >= 11 is 0. The first-order valence-electron chi connectivity index (χ1n) is 4.07. The second kappa shape index (κ2) is 4.36. The number of carboxylic acids is 1. The lowest BCUT2D eigenvalue weighted by atomic mass is 10.1. The number of hydrogen-bond donors (Lipinski definition) is 2. The van der Waals surface area contributed by atoms with E-state index in [0.29, 0.717) is 0 Å². The van der Waals surface area contributed by atoms with Crippen LogP contribution in [0.25, 0.3) is 0 Å². The Morgan fingerprint density at radius 2 is 1.93 bits per heavy atom. The Morgan fingerprint density at radius 1 is 1.27 bits per heavy atom. The van der Waals surface area contributed by atoms with Crippen molar-refractivity contribution in [3.8, 4) is 5.75 Å². The summed E-state index contributed by atoms with van der Waals surface area (Å²) in [5.41, 5.74) is 0.258. The van der Waals surface area contributed by atoms with E-state index in [1.807, 2.05) is 0 Å². The van der Waals surface area contributed by atoms with Crippen LogP contribution in [0.3, 0.4) is 0 Å². The lowest BCUT2D eigenvalue weighted by Crippen LogP contribution is -2.04. The number of carboxylic acid groups (broad SMARTS) is 1. The highest BCUT2D eigenvalue weighted by molar-refractivity contribution is 6.33. The molecule has 0 aromatic heterocycles. The van der Waals surface area contributed by atoms with E-state index in [1.54, 1.807) is 0 Å². The number of aromatic hydroxyl groups is 1. The third-order valence-corrected chi connectivity index (χ3v) is 1.72. The Balaban J connectivity index is 3.10. The summed E-state index contributed by atoms with van der Waals surface area (Å²) in [4.78, 5) is 31.6. The summed E-state index contributed by atoms with van der Waals surface area (Å²) in [5, 5.41) is 17.7. The number of Topliss-reactive ketones (excluding diaryl/α,β-unsaturated/α-hetero) is 1. The standard InChI is InChI=1S/C10H8O5/c11-5-9(13)7-1-6(3-10(14)15)2-8(12)4-7/h1-2,4-5,12H,3H2,(H,14,15). The molecule has 0 fully saturated rings. The van der Waals surface area contributed by atoms with Gasteiger partial charge in [0, 0.05) is 5.56 Å². The quantitative estimate of drug-likeness (QED) is 0.424. The molecule has 1 rings (SSSR count). The second-order valence-corrected chi connectivity index (χ2v) is 2.94. The Bertz CT molecular complexity index is 422. The number of carbonyl (C=O) groups is 3. The van der Waals surface area contributed by atoms with E-state index in [1.165, 1.54) is 12.1 Å². The van der Waals surface area contributed by atoms with Crippen molar-refractivity contribution in [3.05, 3.63) is 29.3 Å². The molecule has 0 spiro atoms. The van der Waals surface area contributed by atoms with Gasteiger partial charge in [0.05, 0.1) is 6.42 Å². The second-order valence-electron chi connectivity index (χ2n) is 2.94. The van der Waals surface area contributed by atoms with Crippen molar-refractivity contribution in [2.24, 2.45) is 0 Å². The fourth-order valence-electron chi connectivity index (χ4n) is 1.16. The van der Waals surface area contributed by atoms with Gasteiger partial charge >= 0.3 is 5.97 Å². The smallest absolute Gasteiger partial charge is 0.307 e. The minimum Gasteiger partial charge on any atom is -0.508 e. The van der Waals surface area contributed by atoms with E-state index in [4.69, 9.17) is 5.11 Å². The minimum absolute atomic E-state index is 0.0127. The van der Waals surface area contributed by atoms with Crippen molar-refractivity contribution < 1.29 is 24.6 Å². The van der Waals surface area contributed by atoms with Gasteiger partial charge < -0.3 is 10.2 Å². The molecule has 0 unspecified atom stereocenters. The fourth-order valence-corrected chi connectivity index (χ4v) is 1.16. The molecule has 0 atom stereocenters. The lowest BCUT2D eigenvalue weighted by Gasteiger charge is -2.01. The summed E-state index contributed by atoms with van der Waals surface area (Å²) in [5.74, 6) is -2.11. The third-order valence-electron chi connectivity index (χ3n) is 1.72. The van der Waals surface area contributed by atoms with Gasteiger partial charge in [-0.05, 0) is 23.8 Å². The van der Waals surface area contributed by atoms with Crippen LogP contribution in [0.5, 0.6) is 5.75 Å². The van der Waals surface area contributed by atoms with Crippen LogP contribution in [0, 0.1) is 0 Å². The van der Waals surface area contributed by atoms with Gasteiger partial charge in [0.2, 0.25) is 5.78 Å². The molecule has 78 valence electrons. The lowest BCUT2D eigenvalue weighted by molar-refractivity contribution is -0.136. The Kier molecular flexibility index (Phi) is 3.17. The van der Waals surface area contributed by atoms with Crippen LogP contribution >= 0.6 is 0 Å². The van der Waals surface area contributed by atoms with E-state index in [-0.39, 0.29) is 29.6 Å². The topological polar surface area (TPSA) is 91.7 Å². The molecule has 0 aliphatic carbocycles. The molecule has 0 amide bonds. The largest absolute Gasteiger partial charge is 0.508 e. The van der Waals surface area contributed by atoms with Crippen molar-refractivity contribution in [2.45, 2.75) is 6.42 Å². The maximum Gasteiger partial charge on any atom is 0.307 e. The normalized spacial score (nSPS) is 9.60. The predicted octanol–water partition coefficient (Wildman–Crippen LogP) is 0.401. The van der Waals surface area contributed by atoms with E-state index >= 15 is 0 Å². The highest BCUT2D eigenvalue weighted by Gasteiger charge is 2.09. The van der Waals surface area contributed by atoms with Gasteiger partial charge in [-0.3, -0.25) is 14.4 Å². The van der Waals surface area contributed by atoms with E-state index < -0.39 is 11.8 Å². The molecule has 0 saturated carbocycles. The summed E-state index contributed by atoms with van der Waals surface area (Å²) in [6.07, 6.45) is -0.202. The predicted molar refractivity (Wildman–Crippen MR) is 49.8 cm³/mol. The Labute approximate surface area is 85.0 Å². The van der Waals surface area contributed by atoms with Crippen LogP contribution in [0.2, 0.25) is 0 Å². The van der Waals surface area contributed by atoms with Gasteiger partial charge in [0.25, 0.3) is 0 Å². The SMILES string of the molecule is O=CC(=O)c1cc(O)cc(CC(=O)O)c1. The van der Waals surface area contributed by atoms with Gasteiger partial charge in [0.15, 0.2) is 6.29 Å². The fraction of sp³-hybridized carbons (Fsp3) is 0.100. The number of ketones is 1. The van der Waals surface area contributed by atoms with Crippen LogP contribution in [-0.2, 0) is 16.0 Å². The van der Waals surface area contributed by atoms with Crippen LogP contribution in [0.4, 0.5) is 0 Å². The first-order chi connectivity index (χ1) is 7.02. The zero-order chi connectivity index (χ0) is 11.4. The molecule has 0 aliphatic rings. The summed E-state index contributed by atoms with van der Waals surface area (Å²) < 4.78 is 0. The maximum atomic E-state index is 11.0. The molecule has 2 N–H and O–H groups in total.